The maximum Gasteiger partial charge on any atom is 0.348 e. The zero-order valence-electron chi connectivity index (χ0n) is 18.5. The van der Waals surface area contributed by atoms with Crippen LogP contribution < -0.4 is 10.6 Å². The van der Waals surface area contributed by atoms with Crippen LogP contribution in [-0.4, -0.2) is 25.2 Å². The molecule has 0 atom stereocenters. The third kappa shape index (κ3) is 10.1. The first-order valence-corrected chi connectivity index (χ1v) is 11.0. The molecule has 6 nitrogen and oxygen atoms in total. The van der Waals surface area contributed by atoms with Crippen LogP contribution in [0.3, 0.4) is 0 Å². The van der Waals surface area contributed by atoms with Gasteiger partial charge >= 0.3 is 12.0 Å². The number of rotatable bonds is 13. The van der Waals surface area contributed by atoms with E-state index in [9.17, 15) is 14.9 Å². The number of ether oxygens (including phenoxy) is 1. The lowest BCUT2D eigenvalue weighted by atomic mass is 10.1. The molecule has 1 aromatic rings. The van der Waals surface area contributed by atoms with E-state index in [-0.39, 0.29) is 11.6 Å². The molecule has 164 valence electrons. The lowest BCUT2D eigenvalue weighted by molar-refractivity contribution is -0.139. The van der Waals surface area contributed by atoms with Crippen molar-refractivity contribution in [3.05, 3.63) is 35.4 Å². The Balaban J connectivity index is 2.52. The monoisotopic (exact) mass is 413 g/mol. The van der Waals surface area contributed by atoms with Gasteiger partial charge < -0.3 is 15.4 Å². The number of amides is 2. The number of nitrogens with zero attached hydrogens (tertiary/aromatic N) is 1. The molecule has 0 saturated heterocycles. The highest BCUT2D eigenvalue weighted by Crippen LogP contribution is 2.14. The number of anilines is 1. The van der Waals surface area contributed by atoms with Crippen LogP contribution in [0.5, 0.6) is 0 Å². The average Bonchev–Trinajstić information content (AvgIpc) is 2.76. The molecule has 0 aliphatic heterocycles. The summed E-state index contributed by atoms with van der Waals surface area (Å²) in [6.07, 6.45) is 9.08. The molecule has 0 spiro atoms. The molecule has 2 N–H and O–H groups in total. The Hall–Kier alpha value is -2.81. The van der Waals surface area contributed by atoms with Crippen LogP contribution in [0, 0.1) is 17.2 Å². The molecule has 0 radical (unpaired) electrons. The zero-order valence-corrected chi connectivity index (χ0v) is 18.5. The molecule has 0 aromatic heterocycles. The number of carbonyl (C=O) groups is 2. The highest BCUT2D eigenvalue weighted by atomic mass is 16.5. The molecule has 0 aliphatic rings. The number of nitriles is 1. The van der Waals surface area contributed by atoms with Gasteiger partial charge in [0.05, 0.1) is 6.61 Å². The SMILES string of the molecule is CCCCCCCNC(=O)Nc1ccc(C=C(C#N)C(=O)OCC(CC)CC)cc1. The molecule has 0 heterocycles. The van der Waals surface area contributed by atoms with Crippen molar-refractivity contribution in [2.45, 2.75) is 65.7 Å². The van der Waals surface area contributed by atoms with Crippen LogP contribution >= 0.6 is 0 Å². The highest BCUT2D eigenvalue weighted by Gasteiger charge is 2.13. The third-order valence-electron chi connectivity index (χ3n) is 4.99. The molecule has 1 aromatic carbocycles. The lowest BCUT2D eigenvalue weighted by Crippen LogP contribution is -2.29. The summed E-state index contributed by atoms with van der Waals surface area (Å²) in [6.45, 7) is 7.25. The highest BCUT2D eigenvalue weighted by molar-refractivity contribution is 5.98. The van der Waals surface area contributed by atoms with E-state index in [2.05, 4.69) is 17.6 Å². The minimum absolute atomic E-state index is 0.0394. The van der Waals surface area contributed by atoms with E-state index >= 15 is 0 Å². The van der Waals surface area contributed by atoms with E-state index < -0.39 is 5.97 Å². The van der Waals surface area contributed by atoms with Crippen molar-refractivity contribution in [2.75, 3.05) is 18.5 Å². The zero-order chi connectivity index (χ0) is 22.2. The topological polar surface area (TPSA) is 91.2 Å². The second kappa shape index (κ2) is 15.1. The summed E-state index contributed by atoms with van der Waals surface area (Å²) >= 11 is 0. The van der Waals surface area contributed by atoms with Gasteiger partial charge in [-0.3, -0.25) is 0 Å². The first-order valence-electron chi connectivity index (χ1n) is 11.0. The van der Waals surface area contributed by atoms with Crippen molar-refractivity contribution in [1.29, 1.82) is 5.26 Å². The third-order valence-corrected chi connectivity index (χ3v) is 4.99. The van der Waals surface area contributed by atoms with Crippen LogP contribution in [0.25, 0.3) is 6.08 Å². The van der Waals surface area contributed by atoms with Crippen molar-refractivity contribution in [1.82, 2.24) is 5.32 Å². The van der Waals surface area contributed by atoms with Gasteiger partial charge in [0.25, 0.3) is 0 Å². The van der Waals surface area contributed by atoms with E-state index in [1.54, 1.807) is 24.3 Å². The molecular formula is C24H35N3O3. The van der Waals surface area contributed by atoms with Gasteiger partial charge in [0.2, 0.25) is 0 Å². The summed E-state index contributed by atoms with van der Waals surface area (Å²) in [6, 6.07) is 8.62. The lowest BCUT2D eigenvalue weighted by Gasteiger charge is -2.12. The summed E-state index contributed by atoms with van der Waals surface area (Å²) in [5.41, 5.74) is 1.29. The fourth-order valence-electron chi connectivity index (χ4n) is 2.87. The van der Waals surface area contributed by atoms with Gasteiger partial charge in [-0.15, -0.1) is 0 Å². The molecule has 0 saturated carbocycles. The molecule has 0 unspecified atom stereocenters. The Labute approximate surface area is 180 Å². The predicted octanol–water partition coefficient (Wildman–Crippen LogP) is 5.66. The first-order chi connectivity index (χ1) is 14.5. The Morgan fingerprint density at radius 1 is 1.07 bits per heavy atom. The Bertz CT molecular complexity index is 716. The van der Waals surface area contributed by atoms with Gasteiger partial charge in [-0.2, -0.15) is 5.26 Å². The van der Waals surface area contributed by atoms with Gasteiger partial charge in [0.1, 0.15) is 11.6 Å². The second-order valence-electron chi connectivity index (χ2n) is 7.37. The van der Waals surface area contributed by atoms with Crippen LogP contribution in [0.15, 0.2) is 29.8 Å². The van der Waals surface area contributed by atoms with Crippen molar-refractivity contribution in [2.24, 2.45) is 5.92 Å². The number of hydrogen-bond acceptors (Lipinski definition) is 4. The first kappa shape index (κ1) is 25.2. The van der Waals surface area contributed by atoms with E-state index in [1.165, 1.54) is 25.3 Å². The smallest absolute Gasteiger partial charge is 0.348 e. The molecule has 6 heteroatoms. The summed E-state index contributed by atoms with van der Waals surface area (Å²) in [5, 5.41) is 14.9. The summed E-state index contributed by atoms with van der Waals surface area (Å²) < 4.78 is 5.26. The maximum atomic E-state index is 12.1. The number of hydrogen-bond donors (Lipinski definition) is 2. The van der Waals surface area contributed by atoms with E-state index in [0.29, 0.717) is 30.3 Å². The van der Waals surface area contributed by atoms with Gasteiger partial charge in [-0.25, -0.2) is 9.59 Å². The van der Waals surface area contributed by atoms with Gasteiger partial charge in [0, 0.05) is 12.2 Å². The Morgan fingerprint density at radius 3 is 2.33 bits per heavy atom. The Kier molecular flexibility index (Phi) is 12.7. The second-order valence-corrected chi connectivity index (χ2v) is 7.37. The number of esters is 1. The molecule has 2 amide bonds. The van der Waals surface area contributed by atoms with Crippen LogP contribution in [-0.2, 0) is 9.53 Å². The molecule has 0 aliphatic carbocycles. The Morgan fingerprint density at radius 2 is 1.73 bits per heavy atom. The minimum Gasteiger partial charge on any atom is -0.461 e. The number of nitrogens with one attached hydrogen (secondary N) is 2. The van der Waals surface area contributed by atoms with Crippen molar-refractivity contribution >= 4 is 23.8 Å². The van der Waals surface area contributed by atoms with Gasteiger partial charge in [-0.05, 0) is 36.1 Å². The maximum absolute atomic E-state index is 12.1. The average molecular weight is 414 g/mol. The standard InChI is InChI=1S/C24H35N3O3/c1-4-7-8-9-10-15-26-24(29)27-22-13-11-20(12-14-22)16-21(17-25)23(28)30-18-19(5-2)6-3/h11-14,16,19H,4-10,15,18H2,1-3H3,(H2,26,27,29). The number of urea groups is 1. The van der Waals surface area contributed by atoms with E-state index in [0.717, 1.165) is 25.7 Å². The van der Waals surface area contributed by atoms with Gasteiger partial charge in [-0.1, -0.05) is 71.4 Å². The van der Waals surface area contributed by atoms with Crippen molar-refractivity contribution in [3.8, 4) is 6.07 Å². The molecular weight excluding hydrogens is 378 g/mol. The van der Waals surface area contributed by atoms with Gasteiger partial charge in [0.15, 0.2) is 0 Å². The normalized spacial score (nSPS) is 11.1. The number of carbonyl (C=O) groups excluding carboxylic acids is 2. The fourth-order valence-corrected chi connectivity index (χ4v) is 2.87. The molecule has 0 bridgehead atoms. The van der Waals surface area contributed by atoms with Crippen LogP contribution in [0.2, 0.25) is 0 Å². The van der Waals surface area contributed by atoms with Crippen molar-refractivity contribution in [3.63, 3.8) is 0 Å². The predicted molar refractivity (Wildman–Crippen MR) is 121 cm³/mol. The van der Waals surface area contributed by atoms with Crippen molar-refractivity contribution < 1.29 is 14.3 Å². The van der Waals surface area contributed by atoms with Crippen LogP contribution in [0.4, 0.5) is 10.5 Å². The summed E-state index contributed by atoms with van der Waals surface area (Å²) in [5.74, 6) is -0.299. The van der Waals surface area contributed by atoms with E-state index in [1.807, 2.05) is 19.9 Å². The van der Waals surface area contributed by atoms with Crippen LogP contribution in [0.1, 0.15) is 71.3 Å². The number of unbranched alkanes of at least 4 members (excludes halogenated alkanes) is 4. The summed E-state index contributed by atoms with van der Waals surface area (Å²) in [4.78, 5) is 24.1. The fraction of sp³-hybridized carbons (Fsp3) is 0.542. The molecule has 1 rings (SSSR count). The molecule has 30 heavy (non-hydrogen) atoms. The molecule has 0 fully saturated rings. The number of benzene rings is 1. The quantitative estimate of drug-likeness (QED) is 0.189. The largest absolute Gasteiger partial charge is 0.461 e. The summed E-state index contributed by atoms with van der Waals surface area (Å²) in [7, 11) is 0. The minimum atomic E-state index is -0.607. The van der Waals surface area contributed by atoms with E-state index in [4.69, 9.17) is 4.74 Å².